The molecule has 1 amide bonds. The number of carbonyl (C=O) groups excluding carboxylic acids is 1. The average Bonchev–Trinajstić information content (AvgIpc) is 3.09. The molecule has 1 N–H and O–H groups in total. The highest BCUT2D eigenvalue weighted by molar-refractivity contribution is 5.80. The van der Waals surface area contributed by atoms with Gasteiger partial charge in [0.15, 0.2) is 0 Å². The van der Waals surface area contributed by atoms with Crippen LogP contribution in [-0.4, -0.2) is 37.5 Å². The Hall–Kier alpha value is -2.24. The van der Waals surface area contributed by atoms with Crippen molar-refractivity contribution in [1.82, 2.24) is 25.1 Å². The van der Waals surface area contributed by atoms with E-state index in [1.54, 1.807) is 6.20 Å². The standard InChI is InChI=1S/C16H21N5O/c1-10-13(11(2)20-19-10)9-16(22)21-8-4-5-15(21)14-6-7-17-12(3)18-14/h6-7,15H,4-5,8-9H2,1-3H3,(H,19,20)/t15-/m1/s1. The Balaban J connectivity index is 1.80. The maximum atomic E-state index is 12.7. The van der Waals surface area contributed by atoms with E-state index in [9.17, 15) is 4.79 Å². The summed E-state index contributed by atoms with van der Waals surface area (Å²) in [6.45, 7) is 6.56. The van der Waals surface area contributed by atoms with Crippen molar-refractivity contribution >= 4 is 5.91 Å². The Morgan fingerprint density at radius 1 is 1.41 bits per heavy atom. The fourth-order valence-electron chi connectivity index (χ4n) is 3.12. The van der Waals surface area contributed by atoms with Crippen LogP contribution < -0.4 is 0 Å². The zero-order valence-electron chi connectivity index (χ0n) is 13.3. The van der Waals surface area contributed by atoms with Crippen molar-refractivity contribution in [2.45, 2.75) is 46.1 Å². The summed E-state index contributed by atoms with van der Waals surface area (Å²) >= 11 is 0. The summed E-state index contributed by atoms with van der Waals surface area (Å²) in [4.78, 5) is 23.3. The van der Waals surface area contributed by atoms with Gasteiger partial charge in [0, 0.05) is 24.0 Å². The van der Waals surface area contributed by atoms with E-state index in [0.717, 1.165) is 47.9 Å². The fraction of sp³-hybridized carbons (Fsp3) is 0.500. The number of hydrogen-bond donors (Lipinski definition) is 1. The molecule has 1 aliphatic heterocycles. The molecule has 1 atom stereocenters. The Morgan fingerprint density at radius 3 is 2.91 bits per heavy atom. The minimum atomic E-state index is 0.0710. The molecule has 1 fully saturated rings. The third kappa shape index (κ3) is 2.73. The maximum absolute atomic E-state index is 12.7. The number of amides is 1. The summed E-state index contributed by atoms with van der Waals surface area (Å²) in [7, 11) is 0. The minimum absolute atomic E-state index is 0.0710. The van der Waals surface area contributed by atoms with E-state index in [2.05, 4.69) is 20.2 Å². The number of rotatable bonds is 3. The van der Waals surface area contributed by atoms with Crippen LogP contribution in [0.4, 0.5) is 0 Å². The number of aryl methyl sites for hydroxylation is 3. The first-order valence-corrected chi connectivity index (χ1v) is 7.65. The second-order valence-electron chi connectivity index (χ2n) is 5.86. The minimum Gasteiger partial charge on any atom is -0.334 e. The van der Waals surface area contributed by atoms with Crippen LogP contribution in [0.5, 0.6) is 0 Å². The highest BCUT2D eigenvalue weighted by Crippen LogP contribution is 2.31. The third-order valence-corrected chi connectivity index (χ3v) is 4.32. The van der Waals surface area contributed by atoms with Crippen LogP contribution in [0.15, 0.2) is 12.3 Å². The SMILES string of the molecule is Cc1nccc([C@H]2CCCN2C(=O)Cc2c(C)n[nH]c2C)n1. The Bertz CT molecular complexity index is 674. The number of aromatic amines is 1. The molecular formula is C16H21N5O. The van der Waals surface area contributed by atoms with Gasteiger partial charge in [-0.2, -0.15) is 5.10 Å². The Morgan fingerprint density at radius 2 is 2.23 bits per heavy atom. The van der Waals surface area contributed by atoms with E-state index in [0.29, 0.717) is 6.42 Å². The number of nitrogens with zero attached hydrogens (tertiary/aromatic N) is 4. The molecule has 6 heteroatoms. The summed E-state index contributed by atoms with van der Waals surface area (Å²) in [5.74, 6) is 0.893. The van der Waals surface area contributed by atoms with Crippen LogP contribution in [0.2, 0.25) is 0 Å². The Kier molecular flexibility index (Phi) is 3.92. The van der Waals surface area contributed by atoms with E-state index < -0.39 is 0 Å². The number of likely N-dealkylation sites (tertiary alicyclic amines) is 1. The predicted molar refractivity (Wildman–Crippen MR) is 82.2 cm³/mol. The number of hydrogen-bond acceptors (Lipinski definition) is 4. The van der Waals surface area contributed by atoms with Crippen molar-refractivity contribution in [2.75, 3.05) is 6.54 Å². The summed E-state index contributed by atoms with van der Waals surface area (Å²) in [6, 6.07) is 1.99. The summed E-state index contributed by atoms with van der Waals surface area (Å²) in [5.41, 5.74) is 3.83. The van der Waals surface area contributed by atoms with Gasteiger partial charge in [0.05, 0.1) is 23.9 Å². The quantitative estimate of drug-likeness (QED) is 0.941. The highest BCUT2D eigenvalue weighted by atomic mass is 16.2. The molecule has 0 bridgehead atoms. The maximum Gasteiger partial charge on any atom is 0.227 e. The van der Waals surface area contributed by atoms with E-state index in [-0.39, 0.29) is 11.9 Å². The van der Waals surface area contributed by atoms with Gasteiger partial charge in [-0.05, 0) is 39.7 Å². The molecule has 3 rings (SSSR count). The van der Waals surface area contributed by atoms with Crippen LogP contribution in [0.25, 0.3) is 0 Å². The predicted octanol–water partition coefficient (Wildman–Crippen LogP) is 2.03. The van der Waals surface area contributed by atoms with Crippen molar-refractivity contribution in [3.05, 3.63) is 40.7 Å². The lowest BCUT2D eigenvalue weighted by Crippen LogP contribution is -2.32. The monoisotopic (exact) mass is 299 g/mol. The highest BCUT2D eigenvalue weighted by Gasteiger charge is 2.31. The molecule has 0 aromatic carbocycles. The first-order chi connectivity index (χ1) is 10.6. The first-order valence-electron chi connectivity index (χ1n) is 7.65. The van der Waals surface area contributed by atoms with Gasteiger partial charge in [0.1, 0.15) is 5.82 Å². The molecule has 3 heterocycles. The van der Waals surface area contributed by atoms with Gasteiger partial charge in [-0.3, -0.25) is 9.89 Å². The molecule has 0 unspecified atom stereocenters. The van der Waals surface area contributed by atoms with Crippen molar-refractivity contribution in [3.8, 4) is 0 Å². The molecule has 2 aromatic rings. The largest absolute Gasteiger partial charge is 0.334 e. The first kappa shape index (κ1) is 14.7. The lowest BCUT2D eigenvalue weighted by molar-refractivity contribution is -0.131. The number of nitrogens with one attached hydrogen (secondary N) is 1. The zero-order chi connectivity index (χ0) is 15.7. The fourth-order valence-corrected chi connectivity index (χ4v) is 3.12. The van der Waals surface area contributed by atoms with Crippen LogP contribution >= 0.6 is 0 Å². The molecule has 6 nitrogen and oxygen atoms in total. The van der Waals surface area contributed by atoms with Crippen molar-refractivity contribution in [3.63, 3.8) is 0 Å². The van der Waals surface area contributed by atoms with E-state index >= 15 is 0 Å². The lowest BCUT2D eigenvalue weighted by atomic mass is 10.1. The molecular weight excluding hydrogens is 278 g/mol. The van der Waals surface area contributed by atoms with Gasteiger partial charge >= 0.3 is 0 Å². The average molecular weight is 299 g/mol. The molecule has 0 saturated carbocycles. The van der Waals surface area contributed by atoms with Gasteiger partial charge in [-0.15, -0.1) is 0 Å². The second kappa shape index (κ2) is 5.87. The lowest BCUT2D eigenvalue weighted by Gasteiger charge is -2.24. The van der Waals surface area contributed by atoms with Crippen molar-refractivity contribution in [2.24, 2.45) is 0 Å². The van der Waals surface area contributed by atoms with Crippen LogP contribution in [0.1, 0.15) is 47.4 Å². The summed E-state index contributed by atoms with van der Waals surface area (Å²) in [5, 5.41) is 7.11. The smallest absolute Gasteiger partial charge is 0.227 e. The molecule has 116 valence electrons. The number of aromatic nitrogens is 4. The van der Waals surface area contributed by atoms with Crippen molar-refractivity contribution in [1.29, 1.82) is 0 Å². The summed E-state index contributed by atoms with van der Waals surface area (Å²) in [6.07, 6.45) is 4.14. The van der Waals surface area contributed by atoms with Crippen LogP contribution in [0.3, 0.4) is 0 Å². The number of H-pyrrole nitrogens is 1. The molecule has 0 spiro atoms. The van der Waals surface area contributed by atoms with E-state index in [1.165, 1.54) is 0 Å². The second-order valence-corrected chi connectivity index (χ2v) is 5.86. The van der Waals surface area contributed by atoms with Gasteiger partial charge in [0.2, 0.25) is 5.91 Å². The third-order valence-electron chi connectivity index (χ3n) is 4.32. The zero-order valence-corrected chi connectivity index (χ0v) is 13.3. The Labute approximate surface area is 130 Å². The van der Waals surface area contributed by atoms with E-state index in [1.807, 2.05) is 31.7 Å². The van der Waals surface area contributed by atoms with Crippen LogP contribution in [0, 0.1) is 20.8 Å². The molecule has 0 aliphatic carbocycles. The number of carbonyl (C=O) groups is 1. The summed E-state index contributed by atoms with van der Waals surface area (Å²) < 4.78 is 0. The van der Waals surface area contributed by atoms with Crippen molar-refractivity contribution < 1.29 is 4.79 Å². The topological polar surface area (TPSA) is 74.8 Å². The molecule has 2 aromatic heterocycles. The normalized spacial score (nSPS) is 18.0. The molecule has 1 aliphatic rings. The van der Waals surface area contributed by atoms with Gasteiger partial charge in [-0.25, -0.2) is 9.97 Å². The molecule has 22 heavy (non-hydrogen) atoms. The van der Waals surface area contributed by atoms with E-state index in [4.69, 9.17) is 0 Å². The molecule has 1 saturated heterocycles. The van der Waals surface area contributed by atoms with Gasteiger partial charge in [0.25, 0.3) is 0 Å². The van der Waals surface area contributed by atoms with Gasteiger partial charge in [-0.1, -0.05) is 0 Å². The van der Waals surface area contributed by atoms with Crippen LogP contribution in [-0.2, 0) is 11.2 Å². The van der Waals surface area contributed by atoms with Gasteiger partial charge < -0.3 is 4.90 Å². The molecule has 0 radical (unpaired) electrons.